The number of alkyl halides is 1. The Morgan fingerprint density at radius 2 is 1.28 bits per heavy atom. The van der Waals surface area contributed by atoms with Gasteiger partial charge in [-0.15, -0.1) is 11.6 Å². The minimum absolute atomic E-state index is 0.536. The number of carboxylic acids is 1. The van der Waals surface area contributed by atoms with Crippen LogP contribution in [-0.4, -0.2) is 16.0 Å². The van der Waals surface area contributed by atoms with Crippen LogP contribution in [0.25, 0.3) is 0 Å². The van der Waals surface area contributed by atoms with Crippen LogP contribution >= 0.6 is 23.2 Å². The van der Waals surface area contributed by atoms with Crippen LogP contribution in [0.1, 0.15) is 116 Å². The van der Waals surface area contributed by atoms with Gasteiger partial charge >= 0.3 is 5.97 Å². The van der Waals surface area contributed by atoms with Crippen LogP contribution in [0, 0.1) is 5.92 Å². The third-order valence-corrected chi connectivity index (χ3v) is 6.79. The number of aliphatic carboxylic acids is 1. The maximum Gasteiger partial charge on any atom is 0.312 e. The van der Waals surface area contributed by atoms with Gasteiger partial charge in [0.05, 0.1) is 10.8 Å². The molecule has 1 aliphatic carbocycles. The fraction of sp³-hybridized carbons (Fsp3) is 0.800. The van der Waals surface area contributed by atoms with E-state index in [1.165, 1.54) is 89.9 Å². The Labute approximate surface area is 189 Å². The molecular weight excluding hydrogens is 403 g/mol. The highest BCUT2D eigenvalue weighted by molar-refractivity contribution is 6.34. The molecule has 0 aromatic rings. The van der Waals surface area contributed by atoms with E-state index in [-0.39, 0.29) is 0 Å². The molecule has 0 saturated heterocycles. The topological polar surface area (TPSA) is 37.3 Å². The molecule has 2 atom stereocenters. The van der Waals surface area contributed by atoms with Crippen LogP contribution in [0.2, 0.25) is 0 Å². The van der Waals surface area contributed by atoms with Crippen molar-refractivity contribution in [2.75, 3.05) is 0 Å². The van der Waals surface area contributed by atoms with Crippen LogP contribution in [0.3, 0.4) is 0 Å². The summed E-state index contributed by atoms with van der Waals surface area (Å²) >= 11 is 12.6. The Morgan fingerprint density at radius 3 is 1.69 bits per heavy atom. The average molecular weight is 446 g/mol. The minimum Gasteiger partial charge on any atom is -0.481 e. The van der Waals surface area contributed by atoms with Gasteiger partial charge in [0, 0.05) is 5.03 Å². The maximum absolute atomic E-state index is 11.4. The lowest BCUT2D eigenvalue weighted by molar-refractivity contribution is -0.140. The van der Waals surface area contributed by atoms with Crippen molar-refractivity contribution in [1.82, 2.24) is 0 Å². The fourth-order valence-electron chi connectivity index (χ4n) is 4.17. The molecule has 0 aromatic heterocycles. The first-order valence-electron chi connectivity index (χ1n) is 12.0. The highest BCUT2D eigenvalue weighted by Crippen LogP contribution is 2.39. The van der Waals surface area contributed by atoms with Crippen molar-refractivity contribution >= 4 is 29.2 Å². The largest absolute Gasteiger partial charge is 0.481 e. The first-order chi connectivity index (χ1) is 14.0. The Hall–Kier alpha value is -0.470. The summed E-state index contributed by atoms with van der Waals surface area (Å²) < 4.78 is 0. The molecule has 0 aliphatic heterocycles. The number of halogens is 2. The number of allylic oxidation sites excluding steroid dienone is 3. The number of rotatable bonds is 18. The predicted octanol–water partition coefficient (Wildman–Crippen LogP) is 9.01. The Bertz CT molecular complexity index is 501. The number of carboxylic acid groups (broad SMARTS) is 1. The van der Waals surface area contributed by atoms with Crippen molar-refractivity contribution in [2.45, 2.75) is 121 Å². The second-order valence-corrected chi connectivity index (χ2v) is 9.82. The quantitative estimate of drug-likeness (QED) is 0.169. The van der Waals surface area contributed by atoms with Crippen molar-refractivity contribution < 1.29 is 9.90 Å². The standard InChI is InChI=1S/C25H42Cl2O2/c1-2-3-4-5-6-7-8-9-10-11-12-13-14-15-16-17-20-25(27)21-22(26)18-19-23(25)24(28)29/h18-19,21,23H,2-17,20H2,1H3,(H,28,29). The van der Waals surface area contributed by atoms with Crippen molar-refractivity contribution in [1.29, 1.82) is 0 Å². The second-order valence-electron chi connectivity index (χ2n) is 8.68. The SMILES string of the molecule is CCCCCCCCCCCCCCCCCCC1(Cl)C=C(Cl)C=CC1C(=O)O. The molecule has 1 rings (SSSR count). The number of unbranched alkanes of at least 4 members (excludes halogenated alkanes) is 15. The third-order valence-electron chi connectivity index (χ3n) is 6.02. The molecule has 29 heavy (non-hydrogen) atoms. The van der Waals surface area contributed by atoms with Crippen LogP contribution in [0.15, 0.2) is 23.3 Å². The Balaban J connectivity index is 1.95. The predicted molar refractivity (Wildman–Crippen MR) is 127 cm³/mol. The van der Waals surface area contributed by atoms with E-state index in [0.29, 0.717) is 11.5 Å². The summed E-state index contributed by atoms with van der Waals surface area (Å²) in [7, 11) is 0. The molecule has 2 unspecified atom stereocenters. The molecule has 2 nitrogen and oxygen atoms in total. The number of carbonyl (C=O) groups is 1. The highest BCUT2D eigenvalue weighted by Gasteiger charge is 2.39. The van der Waals surface area contributed by atoms with Gasteiger partial charge in [-0.05, 0) is 18.6 Å². The van der Waals surface area contributed by atoms with E-state index in [2.05, 4.69) is 6.92 Å². The van der Waals surface area contributed by atoms with Crippen LogP contribution in [-0.2, 0) is 4.79 Å². The Morgan fingerprint density at radius 1 is 0.862 bits per heavy atom. The maximum atomic E-state index is 11.4. The van der Waals surface area contributed by atoms with Gasteiger partial charge in [0.15, 0.2) is 0 Å². The van der Waals surface area contributed by atoms with Gasteiger partial charge in [0.1, 0.15) is 0 Å². The molecule has 0 radical (unpaired) electrons. The summed E-state index contributed by atoms with van der Waals surface area (Å²) in [6, 6.07) is 0. The summed E-state index contributed by atoms with van der Waals surface area (Å²) in [5.41, 5.74) is 0. The molecule has 0 aromatic carbocycles. The van der Waals surface area contributed by atoms with E-state index < -0.39 is 16.8 Å². The monoisotopic (exact) mass is 444 g/mol. The van der Waals surface area contributed by atoms with Gasteiger partial charge in [0.2, 0.25) is 0 Å². The Kier molecular flexibility index (Phi) is 14.9. The molecule has 168 valence electrons. The molecule has 1 N–H and O–H groups in total. The molecule has 0 bridgehead atoms. The highest BCUT2D eigenvalue weighted by atomic mass is 35.5. The van der Waals surface area contributed by atoms with Gasteiger partial charge < -0.3 is 5.11 Å². The van der Waals surface area contributed by atoms with Crippen molar-refractivity contribution in [2.24, 2.45) is 5.92 Å². The smallest absolute Gasteiger partial charge is 0.312 e. The fourth-order valence-corrected chi connectivity index (χ4v) is 4.92. The second kappa shape index (κ2) is 16.3. The number of hydrogen-bond donors (Lipinski definition) is 1. The summed E-state index contributed by atoms with van der Waals surface area (Å²) in [6.45, 7) is 2.27. The molecule has 0 spiro atoms. The average Bonchev–Trinajstić information content (AvgIpc) is 2.67. The van der Waals surface area contributed by atoms with Crippen molar-refractivity contribution in [3.8, 4) is 0 Å². The van der Waals surface area contributed by atoms with E-state index in [1.807, 2.05) is 0 Å². The van der Waals surface area contributed by atoms with Crippen LogP contribution in [0.5, 0.6) is 0 Å². The van der Waals surface area contributed by atoms with E-state index >= 15 is 0 Å². The van der Waals surface area contributed by atoms with Crippen LogP contribution < -0.4 is 0 Å². The van der Waals surface area contributed by atoms with Gasteiger partial charge in [-0.25, -0.2) is 0 Å². The molecule has 0 heterocycles. The molecule has 0 saturated carbocycles. The van der Waals surface area contributed by atoms with Crippen molar-refractivity contribution in [3.63, 3.8) is 0 Å². The van der Waals surface area contributed by atoms with Gasteiger partial charge in [0.25, 0.3) is 0 Å². The van der Waals surface area contributed by atoms with Crippen LogP contribution in [0.4, 0.5) is 0 Å². The minimum atomic E-state index is -0.881. The molecule has 4 heteroatoms. The summed E-state index contributed by atoms with van der Waals surface area (Å²) in [5.74, 6) is -1.57. The normalized spacial score (nSPS) is 21.3. The lowest BCUT2D eigenvalue weighted by atomic mass is 9.83. The zero-order chi connectivity index (χ0) is 21.4. The van der Waals surface area contributed by atoms with Gasteiger partial charge in [-0.3, -0.25) is 4.79 Å². The van der Waals surface area contributed by atoms with E-state index in [0.717, 1.165) is 12.8 Å². The summed E-state index contributed by atoms with van der Waals surface area (Å²) in [6.07, 6.45) is 26.8. The van der Waals surface area contributed by atoms with Gasteiger partial charge in [-0.2, -0.15) is 0 Å². The molecule has 1 aliphatic rings. The molecular formula is C25H42Cl2O2. The lowest BCUT2D eigenvalue weighted by Crippen LogP contribution is -2.36. The molecule has 0 amide bonds. The third kappa shape index (κ3) is 12.1. The lowest BCUT2D eigenvalue weighted by Gasteiger charge is -2.30. The molecule has 0 fully saturated rings. The zero-order valence-electron chi connectivity index (χ0n) is 18.4. The van der Waals surface area contributed by atoms with E-state index in [4.69, 9.17) is 23.2 Å². The summed E-state index contributed by atoms with van der Waals surface area (Å²) in [4.78, 5) is 10.6. The van der Waals surface area contributed by atoms with Crippen molar-refractivity contribution in [3.05, 3.63) is 23.3 Å². The first-order valence-corrected chi connectivity index (χ1v) is 12.7. The number of hydrogen-bond acceptors (Lipinski definition) is 1. The first kappa shape index (κ1) is 26.6. The summed E-state index contributed by atoms with van der Waals surface area (Å²) in [5, 5.41) is 9.92. The van der Waals surface area contributed by atoms with E-state index in [1.54, 1.807) is 18.2 Å². The van der Waals surface area contributed by atoms with Gasteiger partial charge in [-0.1, -0.05) is 127 Å². The van der Waals surface area contributed by atoms with E-state index in [9.17, 15) is 9.90 Å². The zero-order valence-corrected chi connectivity index (χ0v) is 20.0.